The Kier molecular flexibility index (Phi) is 54.7. The minimum Gasteiger partial charge on any atom is -1.00 e. The Bertz CT molecular complexity index is 185. The fourth-order valence-corrected chi connectivity index (χ4v) is 1.45. The van der Waals surface area contributed by atoms with Crippen LogP contribution in [0.25, 0.3) is 0 Å². The van der Waals surface area contributed by atoms with Crippen LogP contribution < -0.4 is 62.0 Å². The molecule has 1 aromatic heterocycles. The van der Waals surface area contributed by atoms with Crippen LogP contribution in [0.3, 0.4) is 0 Å². The topological polar surface area (TPSA) is 12.9 Å². The predicted molar refractivity (Wildman–Crippen MR) is 62.4 cm³/mol. The molecule has 0 spiro atoms. The molecule has 0 N–H and O–H groups in total. The molecule has 1 heterocycles. The Labute approximate surface area is 169 Å². The third kappa shape index (κ3) is 25.0. The summed E-state index contributed by atoms with van der Waals surface area (Å²) in [6, 6.07) is 5.72. The smallest absolute Gasteiger partial charge is 1.00 e. The number of nitrogens with zero attached hydrogens (tertiary/aromatic N) is 1. The zero-order valence-corrected chi connectivity index (χ0v) is 17.1. The van der Waals surface area contributed by atoms with Gasteiger partial charge in [-0.05, 0) is 12.1 Å². The van der Waals surface area contributed by atoms with Crippen molar-refractivity contribution in [3.63, 3.8) is 0 Å². The monoisotopic (exact) mass is 492 g/mol. The molecule has 0 saturated heterocycles. The van der Waals surface area contributed by atoms with E-state index in [4.69, 9.17) is 11.6 Å². The van der Waals surface area contributed by atoms with E-state index in [1.807, 2.05) is 18.2 Å². The molecule has 2 rings (SSSR count). The molecule has 0 aromatic carbocycles. The van der Waals surface area contributed by atoms with Crippen molar-refractivity contribution in [2.24, 2.45) is 0 Å². The Morgan fingerprint density at radius 2 is 1.26 bits per heavy atom. The summed E-state index contributed by atoms with van der Waals surface area (Å²) in [5.41, 5.74) is 0. The van der Waals surface area contributed by atoms with Crippen molar-refractivity contribution >= 4 is 36.0 Å². The van der Waals surface area contributed by atoms with Gasteiger partial charge in [0.15, 0.2) is 0 Å². The van der Waals surface area contributed by atoms with E-state index >= 15 is 0 Å². The summed E-state index contributed by atoms with van der Waals surface area (Å²) in [6.45, 7) is 0. The zero-order valence-electron chi connectivity index (χ0n) is 10.0. The number of rotatable bonds is 0. The van der Waals surface area contributed by atoms with E-state index < -0.39 is 0 Å². The number of halogens is 6. The summed E-state index contributed by atoms with van der Waals surface area (Å²) >= 11 is 5.80. The number of aromatic nitrogens is 1. The SMILES string of the molecule is ClC1CC[CH-]CC1.[Cl-].[Cl-].[Cl-].[Cl-].[Cl-].[Sb+5].c1ccncc1. The average Bonchev–Trinajstić information content (AvgIpc) is 2.22. The minimum absolute atomic E-state index is 0. The van der Waals surface area contributed by atoms with Crippen molar-refractivity contribution in [1.29, 1.82) is 0 Å². The van der Waals surface area contributed by atoms with Crippen LogP contribution in [0.2, 0.25) is 0 Å². The van der Waals surface area contributed by atoms with Crippen LogP contribution >= 0.6 is 11.6 Å². The van der Waals surface area contributed by atoms with E-state index in [0.29, 0.717) is 5.38 Å². The van der Waals surface area contributed by atoms with Crippen LogP contribution in [-0.4, -0.2) is 34.8 Å². The Morgan fingerprint density at radius 3 is 1.42 bits per heavy atom. The Balaban J connectivity index is -0.0000000340. The standard InChI is InChI=1S/C6H10Cl.C5H5N.5ClH.Sb/c7-6-4-2-1-3-5-6;1-2-4-6-5-3-1;;;;;;/h1,6H,2-5H2;1-5H;5*1H;/q-1;;;;;;;+5/p-5. The van der Waals surface area contributed by atoms with E-state index in [1.165, 1.54) is 25.7 Å². The first kappa shape index (κ1) is 37.2. The summed E-state index contributed by atoms with van der Waals surface area (Å²) < 4.78 is 0. The van der Waals surface area contributed by atoms with Gasteiger partial charge in [0.2, 0.25) is 0 Å². The number of alkyl halides is 1. The largest absolute Gasteiger partial charge is 5.00 e. The van der Waals surface area contributed by atoms with Gasteiger partial charge in [0, 0.05) is 17.8 Å². The van der Waals surface area contributed by atoms with Crippen molar-refractivity contribution in [2.45, 2.75) is 31.1 Å². The fraction of sp³-hybridized carbons (Fsp3) is 0.455. The van der Waals surface area contributed by atoms with Gasteiger partial charge in [0.05, 0.1) is 0 Å². The van der Waals surface area contributed by atoms with E-state index in [0.717, 1.165) is 0 Å². The fourth-order valence-electron chi connectivity index (χ4n) is 1.20. The van der Waals surface area contributed by atoms with Crippen molar-refractivity contribution in [3.8, 4) is 0 Å². The van der Waals surface area contributed by atoms with Gasteiger partial charge in [-0.1, -0.05) is 18.9 Å². The van der Waals surface area contributed by atoms with E-state index in [-0.39, 0.29) is 86.5 Å². The first-order valence-corrected chi connectivity index (χ1v) is 5.14. The van der Waals surface area contributed by atoms with Crippen molar-refractivity contribution in [1.82, 2.24) is 4.98 Å². The Morgan fingerprint density at radius 1 is 0.842 bits per heavy atom. The van der Waals surface area contributed by atoms with Gasteiger partial charge in [-0.15, -0.1) is 11.6 Å². The molecule has 1 saturated carbocycles. The van der Waals surface area contributed by atoms with Crippen LogP contribution in [-0.2, 0) is 0 Å². The molecule has 0 amide bonds. The van der Waals surface area contributed by atoms with Gasteiger partial charge < -0.3 is 68.5 Å². The maximum Gasteiger partial charge on any atom is 5.00 e. The summed E-state index contributed by atoms with van der Waals surface area (Å²) in [5.74, 6) is 0. The van der Waals surface area contributed by atoms with Crippen LogP contribution in [0.5, 0.6) is 0 Å². The molecule has 112 valence electrons. The minimum atomic E-state index is 0. The Hall–Kier alpha value is 1.71. The summed E-state index contributed by atoms with van der Waals surface area (Å²) in [5, 5.41) is 0.477. The van der Waals surface area contributed by atoms with E-state index in [9.17, 15) is 0 Å². The number of hydrogen-bond acceptors (Lipinski definition) is 1. The second-order valence-electron chi connectivity index (χ2n) is 3.07. The van der Waals surface area contributed by atoms with E-state index in [1.54, 1.807) is 12.4 Å². The molecule has 0 unspecified atom stereocenters. The van der Waals surface area contributed by atoms with Gasteiger partial charge in [-0.2, -0.15) is 12.8 Å². The number of pyridine rings is 1. The molecule has 0 bridgehead atoms. The van der Waals surface area contributed by atoms with Crippen molar-refractivity contribution < 1.29 is 62.0 Å². The second kappa shape index (κ2) is 28.0. The van der Waals surface area contributed by atoms with Crippen LogP contribution in [0.1, 0.15) is 25.7 Å². The second-order valence-corrected chi connectivity index (χ2v) is 3.68. The summed E-state index contributed by atoms with van der Waals surface area (Å²) in [4.78, 5) is 3.78. The third-order valence-corrected chi connectivity index (χ3v) is 2.37. The first-order valence-electron chi connectivity index (χ1n) is 4.70. The molecule has 0 aliphatic heterocycles. The molecule has 1 fully saturated rings. The van der Waals surface area contributed by atoms with Gasteiger partial charge in [-0.3, -0.25) is 4.98 Å². The van der Waals surface area contributed by atoms with E-state index in [2.05, 4.69) is 11.4 Å². The molecule has 0 radical (unpaired) electrons. The van der Waals surface area contributed by atoms with Crippen molar-refractivity contribution in [2.75, 3.05) is 0 Å². The molecule has 19 heavy (non-hydrogen) atoms. The van der Waals surface area contributed by atoms with Crippen molar-refractivity contribution in [3.05, 3.63) is 37.0 Å². The summed E-state index contributed by atoms with van der Waals surface area (Å²) in [7, 11) is 0. The van der Waals surface area contributed by atoms with Gasteiger partial charge in [-0.25, -0.2) is 0 Å². The molecular formula is C11H15Cl6NSb-. The molecular weight excluding hydrogens is 481 g/mol. The third-order valence-electron chi connectivity index (χ3n) is 1.93. The molecule has 1 aliphatic rings. The molecule has 8 heteroatoms. The molecule has 1 aliphatic carbocycles. The molecule has 1 nitrogen and oxygen atoms in total. The van der Waals surface area contributed by atoms with Gasteiger partial charge in [0.1, 0.15) is 0 Å². The first-order chi connectivity index (χ1) is 6.39. The normalized spacial score (nSPS) is 11.8. The quantitative estimate of drug-likeness (QED) is 0.198. The van der Waals surface area contributed by atoms with Gasteiger partial charge >= 0.3 is 24.4 Å². The zero-order chi connectivity index (χ0) is 9.36. The maximum absolute atomic E-state index is 5.80. The molecule has 0 atom stereocenters. The maximum atomic E-state index is 5.80. The van der Waals surface area contributed by atoms with Gasteiger partial charge in [0.25, 0.3) is 0 Å². The molecule has 1 aromatic rings. The van der Waals surface area contributed by atoms with Crippen LogP contribution in [0, 0.1) is 6.42 Å². The summed E-state index contributed by atoms with van der Waals surface area (Å²) in [6.07, 6.45) is 10.7. The number of hydrogen-bond donors (Lipinski definition) is 0. The van der Waals surface area contributed by atoms with Crippen LogP contribution in [0.4, 0.5) is 0 Å². The predicted octanol–water partition coefficient (Wildman–Crippen LogP) is -11.9. The van der Waals surface area contributed by atoms with Crippen LogP contribution in [0.15, 0.2) is 30.6 Å². The average molecular weight is 496 g/mol.